The van der Waals surface area contributed by atoms with Crippen molar-refractivity contribution in [1.29, 1.82) is 0 Å². The third kappa shape index (κ3) is 3.24. The van der Waals surface area contributed by atoms with Gasteiger partial charge < -0.3 is 10.2 Å². The third-order valence-corrected chi connectivity index (χ3v) is 7.49. The van der Waals surface area contributed by atoms with Crippen LogP contribution in [0.1, 0.15) is 31.5 Å². The molecule has 0 saturated heterocycles. The van der Waals surface area contributed by atoms with Gasteiger partial charge in [-0.25, -0.2) is 0 Å². The zero-order valence-electron chi connectivity index (χ0n) is 17.4. The van der Waals surface area contributed by atoms with Crippen molar-refractivity contribution in [2.24, 2.45) is 0 Å². The highest BCUT2D eigenvalue weighted by molar-refractivity contribution is 7.90. The molecule has 8 nitrogen and oxygen atoms in total. The van der Waals surface area contributed by atoms with Gasteiger partial charge in [-0.15, -0.1) is 0 Å². The summed E-state index contributed by atoms with van der Waals surface area (Å²) in [6.45, 7) is 4.88. The minimum atomic E-state index is -3.94. The van der Waals surface area contributed by atoms with Crippen molar-refractivity contribution in [2.45, 2.75) is 37.6 Å². The van der Waals surface area contributed by atoms with Gasteiger partial charge in [0.2, 0.25) is 5.91 Å². The van der Waals surface area contributed by atoms with Crippen molar-refractivity contribution in [3.05, 3.63) is 53.9 Å². The molecule has 31 heavy (non-hydrogen) atoms. The largest absolute Gasteiger partial charge is 0.312 e. The maximum absolute atomic E-state index is 13.6. The molecule has 9 heteroatoms. The SMILES string of the molecule is CC(=O)N1CCc2cc(S(=O)(=O)n3nc(C4=CCNC(C)C4)c4ncccc43)ccc21. The van der Waals surface area contributed by atoms with Crippen molar-refractivity contribution in [3.63, 3.8) is 0 Å². The van der Waals surface area contributed by atoms with Crippen LogP contribution in [0.4, 0.5) is 5.69 Å². The van der Waals surface area contributed by atoms with Crippen LogP contribution in [0.5, 0.6) is 0 Å². The van der Waals surface area contributed by atoms with Crippen LogP contribution in [0, 0.1) is 0 Å². The van der Waals surface area contributed by atoms with E-state index in [1.807, 2.05) is 6.08 Å². The van der Waals surface area contributed by atoms with Gasteiger partial charge >= 0.3 is 0 Å². The first kappa shape index (κ1) is 19.9. The van der Waals surface area contributed by atoms with Gasteiger partial charge in [0.25, 0.3) is 10.0 Å². The number of amides is 1. The predicted molar refractivity (Wildman–Crippen MR) is 118 cm³/mol. The Labute approximate surface area is 180 Å². The summed E-state index contributed by atoms with van der Waals surface area (Å²) in [5, 5.41) is 7.89. The number of nitrogens with one attached hydrogen (secondary N) is 1. The fourth-order valence-electron chi connectivity index (χ4n) is 4.35. The van der Waals surface area contributed by atoms with Gasteiger partial charge in [-0.05, 0) is 61.2 Å². The van der Waals surface area contributed by atoms with Gasteiger partial charge in [0, 0.05) is 37.9 Å². The van der Waals surface area contributed by atoms with Gasteiger partial charge in [-0.1, -0.05) is 6.08 Å². The van der Waals surface area contributed by atoms with Crippen LogP contribution in [0.25, 0.3) is 16.6 Å². The quantitative estimate of drug-likeness (QED) is 0.676. The number of aromatic nitrogens is 3. The number of rotatable bonds is 3. The smallest absolute Gasteiger partial charge is 0.283 e. The zero-order valence-corrected chi connectivity index (χ0v) is 18.2. The van der Waals surface area contributed by atoms with Gasteiger partial charge in [-0.3, -0.25) is 9.78 Å². The molecule has 2 aliphatic rings. The number of carbonyl (C=O) groups excluding carboxylic acids is 1. The Morgan fingerprint density at radius 3 is 2.87 bits per heavy atom. The summed E-state index contributed by atoms with van der Waals surface area (Å²) in [4.78, 5) is 18.1. The standard InChI is InChI=1S/C22H23N5O3S/c1-14-12-17(7-10-23-14)21-22-20(4-3-9-24-22)27(25-21)31(29,30)18-5-6-19-16(13-18)8-11-26(19)15(2)28/h3-7,9,13-14,23H,8,10-12H2,1-2H3. The van der Waals surface area contributed by atoms with Crippen LogP contribution in [-0.2, 0) is 21.2 Å². The maximum atomic E-state index is 13.6. The number of pyridine rings is 1. The van der Waals surface area contributed by atoms with Crippen molar-refractivity contribution in [3.8, 4) is 0 Å². The van der Waals surface area contributed by atoms with Gasteiger partial charge in [0.1, 0.15) is 16.7 Å². The molecule has 0 bridgehead atoms. The number of hydrogen-bond acceptors (Lipinski definition) is 6. The van der Waals surface area contributed by atoms with Crippen molar-refractivity contribution in [2.75, 3.05) is 18.0 Å². The molecule has 1 unspecified atom stereocenters. The Hall–Kier alpha value is -3.04. The number of hydrogen-bond donors (Lipinski definition) is 1. The molecule has 4 heterocycles. The zero-order chi connectivity index (χ0) is 21.8. The van der Waals surface area contributed by atoms with Crippen molar-refractivity contribution < 1.29 is 13.2 Å². The van der Waals surface area contributed by atoms with E-state index in [4.69, 9.17) is 0 Å². The minimum Gasteiger partial charge on any atom is -0.312 e. The van der Waals surface area contributed by atoms with Crippen molar-refractivity contribution >= 4 is 38.2 Å². The second kappa shape index (κ2) is 7.28. The molecule has 0 saturated carbocycles. The predicted octanol–water partition coefficient (Wildman–Crippen LogP) is 2.34. The Balaban J connectivity index is 1.63. The number of nitrogens with zero attached hydrogens (tertiary/aromatic N) is 4. The fourth-order valence-corrected chi connectivity index (χ4v) is 5.68. The van der Waals surface area contributed by atoms with Crippen LogP contribution >= 0.6 is 0 Å². The van der Waals surface area contributed by atoms with E-state index < -0.39 is 10.0 Å². The lowest BCUT2D eigenvalue weighted by Gasteiger charge is -2.19. The topological polar surface area (TPSA) is 97.2 Å². The summed E-state index contributed by atoms with van der Waals surface area (Å²) >= 11 is 0. The van der Waals surface area contributed by atoms with Gasteiger partial charge in [-0.2, -0.15) is 17.6 Å². The highest BCUT2D eigenvalue weighted by Gasteiger charge is 2.29. The normalized spacial score (nSPS) is 18.8. The summed E-state index contributed by atoms with van der Waals surface area (Å²) in [7, 11) is -3.94. The fraction of sp³-hybridized carbons (Fsp3) is 0.318. The Bertz CT molecular complexity index is 1340. The molecule has 0 fully saturated rings. The first-order valence-electron chi connectivity index (χ1n) is 10.3. The molecular formula is C22H23N5O3S. The van der Waals surface area contributed by atoms with E-state index in [0.717, 1.165) is 27.3 Å². The Morgan fingerprint density at radius 1 is 1.26 bits per heavy atom. The Morgan fingerprint density at radius 2 is 2.10 bits per heavy atom. The van der Waals surface area contributed by atoms with E-state index in [1.165, 1.54) is 6.92 Å². The summed E-state index contributed by atoms with van der Waals surface area (Å²) in [5.41, 5.74) is 4.26. The van der Waals surface area contributed by atoms with Crippen LogP contribution in [-0.4, -0.2) is 47.6 Å². The molecule has 5 rings (SSSR count). The molecule has 0 aliphatic carbocycles. The average molecular weight is 438 g/mol. The van der Waals surface area contributed by atoms with Crippen LogP contribution in [0.2, 0.25) is 0 Å². The minimum absolute atomic E-state index is 0.0485. The first-order chi connectivity index (χ1) is 14.9. The maximum Gasteiger partial charge on any atom is 0.283 e. The number of fused-ring (bicyclic) bond motifs is 2. The first-order valence-corrected chi connectivity index (χ1v) is 11.7. The summed E-state index contributed by atoms with van der Waals surface area (Å²) in [5.74, 6) is -0.0485. The summed E-state index contributed by atoms with van der Waals surface area (Å²) in [6, 6.07) is 8.63. The highest BCUT2D eigenvalue weighted by atomic mass is 32.2. The molecular weight excluding hydrogens is 414 g/mol. The van der Waals surface area contributed by atoms with E-state index in [0.29, 0.717) is 36.2 Å². The highest BCUT2D eigenvalue weighted by Crippen LogP contribution is 2.33. The van der Waals surface area contributed by atoms with Gasteiger partial charge in [0.05, 0.1) is 4.90 Å². The van der Waals surface area contributed by atoms with Crippen LogP contribution in [0.3, 0.4) is 0 Å². The molecule has 2 aromatic heterocycles. The Kier molecular flexibility index (Phi) is 4.67. The number of benzene rings is 1. The summed E-state index contributed by atoms with van der Waals surface area (Å²) in [6.07, 6.45) is 5.08. The van der Waals surface area contributed by atoms with E-state index in [2.05, 4.69) is 22.3 Å². The van der Waals surface area contributed by atoms with Crippen LogP contribution < -0.4 is 10.2 Å². The lowest BCUT2D eigenvalue weighted by molar-refractivity contribution is -0.116. The van der Waals surface area contributed by atoms with E-state index in [1.54, 1.807) is 41.4 Å². The molecule has 160 valence electrons. The number of anilines is 1. The van der Waals surface area contributed by atoms with E-state index in [-0.39, 0.29) is 16.8 Å². The molecule has 2 aliphatic heterocycles. The van der Waals surface area contributed by atoms with Crippen LogP contribution in [0.15, 0.2) is 47.5 Å². The molecule has 3 aromatic rings. The van der Waals surface area contributed by atoms with E-state index in [9.17, 15) is 13.2 Å². The van der Waals surface area contributed by atoms with Crippen molar-refractivity contribution in [1.82, 2.24) is 19.5 Å². The number of carbonyl (C=O) groups is 1. The third-order valence-electron chi connectivity index (χ3n) is 5.90. The second-order valence-corrected chi connectivity index (χ2v) is 9.79. The molecule has 1 aromatic carbocycles. The molecule has 1 N–H and O–H groups in total. The monoisotopic (exact) mass is 437 g/mol. The average Bonchev–Trinajstić information content (AvgIpc) is 3.35. The lowest BCUT2D eigenvalue weighted by atomic mass is 10.00. The van der Waals surface area contributed by atoms with E-state index >= 15 is 0 Å². The lowest BCUT2D eigenvalue weighted by Crippen LogP contribution is -2.30. The molecule has 0 radical (unpaired) electrons. The molecule has 0 spiro atoms. The van der Waals surface area contributed by atoms with Gasteiger partial charge in [0.15, 0.2) is 0 Å². The molecule has 1 amide bonds. The molecule has 1 atom stereocenters. The second-order valence-electron chi connectivity index (χ2n) is 8.02. The summed E-state index contributed by atoms with van der Waals surface area (Å²) < 4.78 is 28.3.